The van der Waals surface area contributed by atoms with E-state index < -0.39 is 0 Å². The van der Waals surface area contributed by atoms with Crippen molar-refractivity contribution in [1.82, 2.24) is 9.55 Å². The zero-order valence-electron chi connectivity index (χ0n) is 18.4. The van der Waals surface area contributed by atoms with Crippen LogP contribution >= 0.6 is 0 Å². The first-order chi connectivity index (χ1) is 15.1. The lowest BCUT2D eigenvalue weighted by atomic mass is 9.92. The Morgan fingerprint density at radius 3 is 2.58 bits per heavy atom. The standard InChI is InChI=1S/C27H29N3O/c1-3-4-13-26-24(27(31)30(19(2)29-26)18-20-14-15-20)16-22-11-8-12-23(25(22)17-28)21-9-6-5-7-10-21/h5-12,20H,3-4,13-16,18H2,1-2H3. The van der Waals surface area contributed by atoms with Crippen molar-refractivity contribution in [3.8, 4) is 17.2 Å². The predicted octanol–water partition coefficient (Wildman–Crippen LogP) is 5.43. The molecule has 31 heavy (non-hydrogen) atoms. The maximum Gasteiger partial charge on any atom is 0.257 e. The van der Waals surface area contributed by atoms with Crippen molar-refractivity contribution >= 4 is 0 Å². The molecule has 0 bridgehead atoms. The quantitative estimate of drug-likeness (QED) is 0.496. The molecule has 4 nitrogen and oxygen atoms in total. The summed E-state index contributed by atoms with van der Waals surface area (Å²) >= 11 is 0. The molecule has 0 aliphatic heterocycles. The van der Waals surface area contributed by atoms with Gasteiger partial charge in [-0.25, -0.2) is 4.98 Å². The fourth-order valence-electron chi connectivity index (χ4n) is 4.19. The monoisotopic (exact) mass is 411 g/mol. The van der Waals surface area contributed by atoms with Gasteiger partial charge in [0.15, 0.2) is 0 Å². The van der Waals surface area contributed by atoms with Crippen molar-refractivity contribution in [3.63, 3.8) is 0 Å². The van der Waals surface area contributed by atoms with Crippen LogP contribution in [-0.2, 0) is 19.4 Å². The van der Waals surface area contributed by atoms with E-state index in [1.165, 1.54) is 12.8 Å². The lowest BCUT2D eigenvalue weighted by molar-refractivity contribution is 0.565. The third kappa shape index (κ3) is 4.61. The van der Waals surface area contributed by atoms with Crippen LogP contribution in [0.4, 0.5) is 0 Å². The number of aromatic nitrogens is 2. The Kier molecular flexibility index (Phi) is 6.32. The summed E-state index contributed by atoms with van der Waals surface area (Å²) in [6, 6.07) is 18.3. The Labute approximate surface area is 184 Å². The van der Waals surface area contributed by atoms with Crippen LogP contribution in [0.3, 0.4) is 0 Å². The first kappa shape index (κ1) is 21.1. The molecule has 2 aromatic carbocycles. The van der Waals surface area contributed by atoms with E-state index in [1.54, 1.807) is 0 Å². The molecular formula is C27H29N3O. The highest BCUT2D eigenvalue weighted by molar-refractivity contribution is 5.72. The molecular weight excluding hydrogens is 382 g/mol. The van der Waals surface area contributed by atoms with Crippen LogP contribution in [0.5, 0.6) is 0 Å². The van der Waals surface area contributed by atoms with Crippen LogP contribution in [0.2, 0.25) is 0 Å². The fraction of sp³-hybridized carbons (Fsp3) is 0.370. The zero-order valence-corrected chi connectivity index (χ0v) is 18.4. The molecule has 1 aromatic heterocycles. The summed E-state index contributed by atoms with van der Waals surface area (Å²) in [6.45, 7) is 4.85. The van der Waals surface area contributed by atoms with Gasteiger partial charge in [-0.1, -0.05) is 61.9 Å². The maximum atomic E-state index is 13.5. The van der Waals surface area contributed by atoms with Crippen molar-refractivity contribution in [2.24, 2.45) is 5.92 Å². The number of hydrogen-bond donors (Lipinski definition) is 0. The van der Waals surface area contributed by atoms with Gasteiger partial charge in [0.2, 0.25) is 0 Å². The Morgan fingerprint density at radius 1 is 1.13 bits per heavy atom. The smallest absolute Gasteiger partial charge is 0.257 e. The molecule has 1 fully saturated rings. The summed E-state index contributed by atoms with van der Waals surface area (Å²) in [7, 11) is 0. The molecule has 3 aromatic rings. The van der Waals surface area contributed by atoms with E-state index in [9.17, 15) is 10.1 Å². The average Bonchev–Trinajstić information content (AvgIpc) is 3.62. The van der Waals surface area contributed by atoms with E-state index in [0.717, 1.165) is 59.6 Å². The van der Waals surface area contributed by atoms with Crippen LogP contribution in [0.25, 0.3) is 11.1 Å². The van der Waals surface area contributed by atoms with Crippen LogP contribution in [0.1, 0.15) is 60.8 Å². The topological polar surface area (TPSA) is 58.7 Å². The minimum atomic E-state index is 0.0690. The third-order valence-corrected chi connectivity index (χ3v) is 6.16. The molecule has 0 atom stereocenters. The first-order valence-corrected chi connectivity index (χ1v) is 11.3. The van der Waals surface area contributed by atoms with Gasteiger partial charge in [0.25, 0.3) is 5.56 Å². The van der Waals surface area contributed by atoms with Crippen LogP contribution in [0, 0.1) is 24.2 Å². The van der Waals surface area contributed by atoms with Gasteiger partial charge in [-0.05, 0) is 55.2 Å². The van der Waals surface area contributed by atoms with Gasteiger partial charge >= 0.3 is 0 Å². The molecule has 4 rings (SSSR count). The molecule has 1 aliphatic carbocycles. The highest BCUT2D eigenvalue weighted by Gasteiger charge is 2.25. The first-order valence-electron chi connectivity index (χ1n) is 11.3. The molecule has 1 heterocycles. The third-order valence-electron chi connectivity index (χ3n) is 6.16. The molecule has 1 aliphatic rings. The number of aryl methyl sites for hydroxylation is 2. The molecule has 0 spiro atoms. The molecule has 0 amide bonds. The van der Waals surface area contributed by atoms with E-state index in [4.69, 9.17) is 4.98 Å². The minimum absolute atomic E-state index is 0.0690. The molecule has 0 saturated heterocycles. The van der Waals surface area contributed by atoms with Crippen molar-refractivity contribution < 1.29 is 0 Å². The van der Waals surface area contributed by atoms with Gasteiger partial charge in [-0.15, -0.1) is 0 Å². The van der Waals surface area contributed by atoms with Gasteiger partial charge in [0.05, 0.1) is 11.3 Å². The van der Waals surface area contributed by atoms with Crippen molar-refractivity contribution in [2.45, 2.75) is 58.9 Å². The predicted molar refractivity (Wildman–Crippen MR) is 124 cm³/mol. The summed E-state index contributed by atoms with van der Waals surface area (Å²) < 4.78 is 1.86. The Hall–Kier alpha value is -3.19. The van der Waals surface area contributed by atoms with E-state index >= 15 is 0 Å². The number of nitrogens with zero attached hydrogens (tertiary/aromatic N) is 3. The summed E-state index contributed by atoms with van der Waals surface area (Å²) in [5, 5.41) is 10.00. The van der Waals surface area contributed by atoms with Crippen LogP contribution in [-0.4, -0.2) is 9.55 Å². The summed E-state index contributed by atoms with van der Waals surface area (Å²) in [4.78, 5) is 18.4. The highest BCUT2D eigenvalue weighted by atomic mass is 16.1. The van der Waals surface area contributed by atoms with Crippen molar-refractivity contribution in [1.29, 1.82) is 5.26 Å². The van der Waals surface area contributed by atoms with Gasteiger partial charge in [-0.3, -0.25) is 9.36 Å². The van der Waals surface area contributed by atoms with E-state index in [-0.39, 0.29) is 5.56 Å². The summed E-state index contributed by atoms with van der Waals surface area (Å²) in [5.74, 6) is 1.41. The zero-order chi connectivity index (χ0) is 21.8. The number of nitriles is 1. The van der Waals surface area contributed by atoms with Crippen LogP contribution in [0.15, 0.2) is 53.3 Å². The lowest BCUT2D eigenvalue weighted by Crippen LogP contribution is -2.30. The normalized spacial score (nSPS) is 13.2. The highest BCUT2D eigenvalue weighted by Crippen LogP contribution is 2.31. The molecule has 0 N–H and O–H groups in total. The van der Waals surface area contributed by atoms with Crippen LogP contribution < -0.4 is 5.56 Å². The number of hydrogen-bond acceptors (Lipinski definition) is 3. The minimum Gasteiger partial charge on any atom is -0.296 e. The number of unbranched alkanes of at least 4 members (excludes halogenated alkanes) is 1. The van der Waals surface area contributed by atoms with E-state index in [1.807, 2.05) is 60.0 Å². The van der Waals surface area contributed by atoms with Gasteiger partial charge in [0, 0.05) is 18.5 Å². The molecule has 4 heteroatoms. The SMILES string of the molecule is CCCCc1nc(C)n(CC2CC2)c(=O)c1Cc1cccc(-c2ccccc2)c1C#N. The number of rotatable bonds is 8. The Morgan fingerprint density at radius 2 is 1.90 bits per heavy atom. The molecule has 158 valence electrons. The summed E-state index contributed by atoms with van der Waals surface area (Å²) in [5.41, 5.74) is 5.17. The van der Waals surface area contributed by atoms with Gasteiger partial charge in [-0.2, -0.15) is 5.26 Å². The second-order valence-electron chi connectivity index (χ2n) is 8.54. The van der Waals surface area contributed by atoms with Gasteiger partial charge in [0.1, 0.15) is 11.9 Å². The van der Waals surface area contributed by atoms with E-state index in [2.05, 4.69) is 13.0 Å². The van der Waals surface area contributed by atoms with E-state index in [0.29, 0.717) is 17.9 Å². The second kappa shape index (κ2) is 9.31. The molecule has 1 saturated carbocycles. The maximum absolute atomic E-state index is 13.5. The number of benzene rings is 2. The lowest BCUT2D eigenvalue weighted by Gasteiger charge is -2.16. The Balaban J connectivity index is 1.79. The molecule has 0 unspecified atom stereocenters. The average molecular weight is 412 g/mol. The van der Waals surface area contributed by atoms with Crippen molar-refractivity contribution in [2.75, 3.05) is 0 Å². The molecule has 0 radical (unpaired) electrons. The fourth-order valence-corrected chi connectivity index (χ4v) is 4.19. The van der Waals surface area contributed by atoms with Crippen molar-refractivity contribution in [3.05, 3.63) is 87.1 Å². The summed E-state index contributed by atoms with van der Waals surface area (Å²) in [6.07, 6.45) is 5.68. The Bertz CT molecular complexity index is 1170. The largest absolute Gasteiger partial charge is 0.296 e. The van der Waals surface area contributed by atoms with Gasteiger partial charge < -0.3 is 0 Å². The second-order valence-corrected chi connectivity index (χ2v) is 8.54.